The lowest BCUT2D eigenvalue weighted by atomic mass is 10.2. The topological polar surface area (TPSA) is 31.4 Å². The predicted molar refractivity (Wildman–Crippen MR) is 70.0 cm³/mol. The first-order valence-corrected chi connectivity index (χ1v) is 6.33. The van der Waals surface area contributed by atoms with E-state index in [1.54, 1.807) is 25.6 Å². The van der Waals surface area contributed by atoms with Crippen LogP contribution in [0.15, 0.2) is 23.6 Å². The Morgan fingerprint density at radius 1 is 1.18 bits per heavy atom. The van der Waals surface area contributed by atoms with Gasteiger partial charge in [0.25, 0.3) is 0 Å². The van der Waals surface area contributed by atoms with Crippen LogP contribution in [-0.4, -0.2) is 19.2 Å². The van der Waals surface area contributed by atoms with E-state index in [0.717, 1.165) is 34.2 Å². The molecule has 0 spiro atoms. The first-order valence-electron chi connectivity index (χ1n) is 5.45. The van der Waals surface area contributed by atoms with Crippen LogP contribution >= 0.6 is 11.3 Å². The Labute approximate surface area is 105 Å². The molecular formula is C13H15NO2S. The van der Waals surface area contributed by atoms with Crippen molar-refractivity contribution in [1.82, 2.24) is 4.98 Å². The summed E-state index contributed by atoms with van der Waals surface area (Å²) in [5.41, 5.74) is 2.19. The molecule has 0 aliphatic heterocycles. The standard InChI is InChI=1S/C13H15NO2S/c1-4-10-8-17-13(14-10)9-5-6-11(15-2)12(7-9)16-3/h5-8H,4H2,1-3H3. The first kappa shape index (κ1) is 11.9. The highest BCUT2D eigenvalue weighted by Gasteiger charge is 2.08. The molecule has 0 saturated heterocycles. The van der Waals surface area contributed by atoms with E-state index in [-0.39, 0.29) is 0 Å². The number of hydrogen-bond donors (Lipinski definition) is 0. The molecule has 0 aliphatic carbocycles. The number of ether oxygens (including phenoxy) is 2. The molecule has 3 nitrogen and oxygen atoms in total. The Balaban J connectivity index is 2.38. The van der Waals surface area contributed by atoms with E-state index in [0.29, 0.717) is 0 Å². The molecule has 0 atom stereocenters. The highest BCUT2D eigenvalue weighted by Crippen LogP contribution is 2.33. The third kappa shape index (κ3) is 2.42. The van der Waals surface area contributed by atoms with Gasteiger partial charge in [0.05, 0.1) is 19.9 Å². The van der Waals surface area contributed by atoms with Gasteiger partial charge >= 0.3 is 0 Å². The molecule has 0 bridgehead atoms. The summed E-state index contributed by atoms with van der Waals surface area (Å²) in [4.78, 5) is 4.55. The van der Waals surface area contributed by atoms with Gasteiger partial charge in [-0.25, -0.2) is 4.98 Å². The zero-order valence-corrected chi connectivity index (χ0v) is 11.0. The molecule has 2 rings (SSSR count). The van der Waals surface area contributed by atoms with E-state index >= 15 is 0 Å². The van der Waals surface area contributed by atoms with Crippen molar-refractivity contribution in [2.24, 2.45) is 0 Å². The van der Waals surface area contributed by atoms with Gasteiger partial charge in [0.2, 0.25) is 0 Å². The first-order chi connectivity index (χ1) is 8.28. The van der Waals surface area contributed by atoms with Gasteiger partial charge in [-0.15, -0.1) is 11.3 Å². The van der Waals surface area contributed by atoms with E-state index in [9.17, 15) is 0 Å². The number of aromatic nitrogens is 1. The number of aryl methyl sites for hydroxylation is 1. The molecule has 17 heavy (non-hydrogen) atoms. The van der Waals surface area contributed by atoms with Crippen molar-refractivity contribution in [3.63, 3.8) is 0 Å². The van der Waals surface area contributed by atoms with E-state index in [4.69, 9.17) is 9.47 Å². The van der Waals surface area contributed by atoms with Crippen LogP contribution in [0.3, 0.4) is 0 Å². The minimum Gasteiger partial charge on any atom is -0.493 e. The molecule has 4 heteroatoms. The molecule has 1 aromatic carbocycles. The zero-order valence-electron chi connectivity index (χ0n) is 10.2. The van der Waals surface area contributed by atoms with Gasteiger partial charge in [-0.05, 0) is 24.6 Å². The second-order valence-electron chi connectivity index (χ2n) is 3.57. The van der Waals surface area contributed by atoms with Crippen LogP contribution in [0.1, 0.15) is 12.6 Å². The van der Waals surface area contributed by atoms with Crippen molar-refractivity contribution in [3.8, 4) is 22.1 Å². The van der Waals surface area contributed by atoms with Crippen molar-refractivity contribution in [1.29, 1.82) is 0 Å². The van der Waals surface area contributed by atoms with Gasteiger partial charge in [0, 0.05) is 10.9 Å². The molecule has 0 unspecified atom stereocenters. The summed E-state index contributed by atoms with van der Waals surface area (Å²) in [6.45, 7) is 2.10. The SMILES string of the molecule is CCc1csc(-c2ccc(OC)c(OC)c2)n1. The largest absolute Gasteiger partial charge is 0.493 e. The van der Waals surface area contributed by atoms with Crippen LogP contribution in [0.25, 0.3) is 10.6 Å². The molecule has 90 valence electrons. The molecule has 0 N–H and O–H groups in total. The molecule has 1 heterocycles. The number of benzene rings is 1. The van der Waals surface area contributed by atoms with Crippen LogP contribution in [0.2, 0.25) is 0 Å². The van der Waals surface area contributed by atoms with Gasteiger partial charge in [0.1, 0.15) is 5.01 Å². The van der Waals surface area contributed by atoms with Crippen molar-refractivity contribution in [2.75, 3.05) is 14.2 Å². The van der Waals surface area contributed by atoms with Crippen LogP contribution in [-0.2, 0) is 6.42 Å². The fourth-order valence-corrected chi connectivity index (χ4v) is 2.47. The van der Waals surface area contributed by atoms with Gasteiger partial charge < -0.3 is 9.47 Å². The fraction of sp³-hybridized carbons (Fsp3) is 0.308. The molecule has 0 amide bonds. The van der Waals surface area contributed by atoms with Crippen molar-refractivity contribution in [3.05, 3.63) is 29.3 Å². The van der Waals surface area contributed by atoms with Crippen molar-refractivity contribution in [2.45, 2.75) is 13.3 Å². The molecule has 1 aromatic heterocycles. The molecule has 0 aliphatic rings. The normalized spacial score (nSPS) is 10.3. The van der Waals surface area contributed by atoms with E-state index in [1.165, 1.54) is 0 Å². The summed E-state index contributed by atoms with van der Waals surface area (Å²) < 4.78 is 10.5. The predicted octanol–water partition coefficient (Wildman–Crippen LogP) is 3.39. The third-order valence-electron chi connectivity index (χ3n) is 2.54. The average molecular weight is 249 g/mol. The highest BCUT2D eigenvalue weighted by molar-refractivity contribution is 7.13. The fourth-order valence-electron chi connectivity index (χ4n) is 1.57. The van der Waals surface area contributed by atoms with E-state index < -0.39 is 0 Å². The molecule has 0 radical (unpaired) electrons. The summed E-state index contributed by atoms with van der Waals surface area (Å²) in [7, 11) is 3.27. The second-order valence-corrected chi connectivity index (χ2v) is 4.43. The van der Waals surface area contributed by atoms with Gasteiger partial charge in [-0.1, -0.05) is 6.92 Å². The number of hydrogen-bond acceptors (Lipinski definition) is 4. The Bertz CT molecular complexity index is 508. The average Bonchev–Trinajstić information content (AvgIpc) is 2.86. The quantitative estimate of drug-likeness (QED) is 0.832. The molecule has 0 saturated carbocycles. The monoisotopic (exact) mass is 249 g/mol. The maximum absolute atomic E-state index is 5.28. The smallest absolute Gasteiger partial charge is 0.161 e. The van der Waals surface area contributed by atoms with E-state index in [2.05, 4.69) is 17.3 Å². The maximum Gasteiger partial charge on any atom is 0.161 e. The summed E-state index contributed by atoms with van der Waals surface area (Å²) in [6.07, 6.45) is 0.962. The second kappa shape index (κ2) is 5.19. The van der Waals surface area contributed by atoms with Crippen LogP contribution in [0.5, 0.6) is 11.5 Å². The number of methoxy groups -OCH3 is 2. The number of thiazole rings is 1. The van der Waals surface area contributed by atoms with Crippen molar-refractivity contribution >= 4 is 11.3 Å². The molecular weight excluding hydrogens is 234 g/mol. The van der Waals surface area contributed by atoms with E-state index in [1.807, 2.05) is 18.2 Å². The van der Waals surface area contributed by atoms with Crippen LogP contribution in [0, 0.1) is 0 Å². The van der Waals surface area contributed by atoms with Crippen LogP contribution in [0.4, 0.5) is 0 Å². The number of nitrogens with zero attached hydrogens (tertiary/aromatic N) is 1. The van der Waals surface area contributed by atoms with Gasteiger partial charge in [-0.3, -0.25) is 0 Å². The zero-order chi connectivity index (χ0) is 12.3. The van der Waals surface area contributed by atoms with Gasteiger partial charge in [0.15, 0.2) is 11.5 Å². The minimum absolute atomic E-state index is 0.734. The summed E-state index contributed by atoms with van der Waals surface area (Å²) >= 11 is 1.65. The lowest BCUT2D eigenvalue weighted by Gasteiger charge is -2.08. The Hall–Kier alpha value is -1.55. The summed E-state index contributed by atoms with van der Waals surface area (Å²) in [6, 6.07) is 5.86. The Kier molecular flexibility index (Phi) is 3.64. The summed E-state index contributed by atoms with van der Waals surface area (Å²) in [5, 5.41) is 3.11. The summed E-state index contributed by atoms with van der Waals surface area (Å²) in [5.74, 6) is 1.47. The third-order valence-corrected chi connectivity index (χ3v) is 3.48. The Morgan fingerprint density at radius 3 is 2.53 bits per heavy atom. The van der Waals surface area contributed by atoms with Crippen molar-refractivity contribution < 1.29 is 9.47 Å². The maximum atomic E-state index is 5.28. The van der Waals surface area contributed by atoms with Gasteiger partial charge in [-0.2, -0.15) is 0 Å². The Morgan fingerprint density at radius 2 is 1.94 bits per heavy atom. The number of rotatable bonds is 4. The van der Waals surface area contributed by atoms with Crippen LogP contribution < -0.4 is 9.47 Å². The molecule has 0 fully saturated rings. The minimum atomic E-state index is 0.734. The molecule has 2 aromatic rings. The lowest BCUT2D eigenvalue weighted by Crippen LogP contribution is -1.90. The lowest BCUT2D eigenvalue weighted by molar-refractivity contribution is 0.355. The highest BCUT2D eigenvalue weighted by atomic mass is 32.1.